The molecule has 1 N–H and O–H groups in total. The van der Waals surface area contributed by atoms with Crippen LogP contribution in [0.15, 0.2) is 0 Å². The van der Waals surface area contributed by atoms with Crippen molar-refractivity contribution in [2.45, 2.75) is 46.1 Å². The molecular formula is C14H26N2O3. The van der Waals surface area contributed by atoms with Crippen molar-refractivity contribution in [3.05, 3.63) is 0 Å². The van der Waals surface area contributed by atoms with Crippen molar-refractivity contribution in [2.24, 2.45) is 5.92 Å². The third kappa shape index (κ3) is 3.47. The molecule has 1 saturated heterocycles. The quantitative estimate of drug-likeness (QED) is 0.707. The SMILES string of the molecule is CCC1(CC)C(=O)NCC(=O)N1CCOCC(C)C. The summed E-state index contributed by atoms with van der Waals surface area (Å²) in [5.41, 5.74) is -0.698. The normalized spacial score (nSPS) is 18.9. The highest BCUT2D eigenvalue weighted by Gasteiger charge is 2.46. The molecule has 5 heteroatoms. The molecule has 0 spiro atoms. The molecule has 0 unspecified atom stereocenters. The second-order valence-corrected chi connectivity index (χ2v) is 5.44. The van der Waals surface area contributed by atoms with Crippen LogP contribution in [0.5, 0.6) is 0 Å². The summed E-state index contributed by atoms with van der Waals surface area (Å²) >= 11 is 0. The van der Waals surface area contributed by atoms with Crippen LogP contribution in [0.4, 0.5) is 0 Å². The van der Waals surface area contributed by atoms with E-state index >= 15 is 0 Å². The summed E-state index contributed by atoms with van der Waals surface area (Å²) in [6, 6.07) is 0. The van der Waals surface area contributed by atoms with Crippen molar-refractivity contribution < 1.29 is 14.3 Å². The number of hydrogen-bond acceptors (Lipinski definition) is 3. The fourth-order valence-electron chi connectivity index (χ4n) is 2.54. The topological polar surface area (TPSA) is 58.6 Å². The molecule has 0 aliphatic carbocycles. The lowest BCUT2D eigenvalue weighted by Crippen LogP contribution is -2.67. The van der Waals surface area contributed by atoms with Gasteiger partial charge in [-0.3, -0.25) is 9.59 Å². The monoisotopic (exact) mass is 270 g/mol. The van der Waals surface area contributed by atoms with Gasteiger partial charge in [-0.15, -0.1) is 0 Å². The van der Waals surface area contributed by atoms with E-state index in [-0.39, 0.29) is 18.4 Å². The van der Waals surface area contributed by atoms with Crippen molar-refractivity contribution in [1.82, 2.24) is 10.2 Å². The molecule has 0 radical (unpaired) electrons. The van der Waals surface area contributed by atoms with Gasteiger partial charge >= 0.3 is 0 Å². The van der Waals surface area contributed by atoms with Crippen molar-refractivity contribution in [1.29, 1.82) is 0 Å². The predicted octanol–water partition coefficient (Wildman–Crippen LogP) is 1.18. The maximum atomic E-state index is 12.1. The maximum absolute atomic E-state index is 12.1. The molecule has 0 aromatic heterocycles. The van der Waals surface area contributed by atoms with Crippen LogP contribution < -0.4 is 5.32 Å². The molecule has 5 nitrogen and oxygen atoms in total. The number of piperazine rings is 1. The Kier molecular flexibility index (Phi) is 5.79. The molecule has 1 heterocycles. The van der Waals surface area contributed by atoms with Gasteiger partial charge in [0.25, 0.3) is 0 Å². The summed E-state index contributed by atoms with van der Waals surface area (Å²) in [5.74, 6) is 0.417. The zero-order valence-corrected chi connectivity index (χ0v) is 12.5. The Morgan fingerprint density at radius 1 is 1.32 bits per heavy atom. The Hall–Kier alpha value is -1.10. The molecule has 0 saturated carbocycles. The minimum absolute atomic E-state index is 0.0172. The average molecular weight is 270 g/mol. The fourth-order valence-corrected chi connectivity index (χ4v) is 2.54. The van der Waals surface area contributed by atoms with Crippen LogP contribution in [0, 0.1) is 5.92 Å². The van der Waals surface area contributed by atoms with E-state index in [2.05, 4.69) is 19.2 Å². The third-order valence-electron chi connectivity index (χ3n) is 3.72. The van der Waals surface area contributed by atoms with Gasteiger partial charge in [-0.1, -0.05) is 27.7 Å². The lowest BCUT2D eigenvalue weighted by Gasteiger charge is -2.45. The number of ether oxygens (including phenoxy) is 1. The third-order valence-corrected chi connectivity index (χ3v) is 3.72. The Morgan fingerprint density at radius 2 is 1.95 bits per heavy atom. The maximum Gasteiger partial charge on any atom is 0.246 e. The van der Waals surface area contributed by atoms with Gasteiger partial charge in [-0.25, -0.2) is 0 Å². The highest BCUT2D eigenvalue weighted by Crippen LogP contribution is 2.26. The molecule has 110 valence electrons. The smallest absolute Gasteiger partial charge is 0.246 e. The minimum Gasteiger partial charge on any atom is -0.379 e. The lowest BCUT2D eigenvalue weighted by molar-refractivity contribution is -0.155. The van der Waals surface area contributed by atoms with Crippen LogP contribution in [-0.4, -0.2) is 48.6 Å². The Balaban J connectivity index is 2.68. The van der Waals surface area contributed by atoms with Crippen molar-refractivity contribution in [3.8, 4) is 0 Å². The fraction of sp³-hybridized carbons (Fsp3) is 0.857. The first kappa shape index (κ1) is 16.0. The van der Waals surface area contributed by atoms with Crippen LogP contribution >= 0.6 is 0 Å². The van der Waals surface area contributed by atoms with E-state index in [1.54, 1.807) is 4.90 Å². The van der Waals surface area contributed by atoms with E-state index in [1.807, 2.05) is 13.8 Å². The molecule has 1 fully saturated rings. The summed E-state index contributed by atoms with van der Waals surface area (Å²) in [6.07, 6.45) is 1.26. The van der Waals surface area contributed by atoms with Gasteiger partial charge in [0, 0.05) is 13.2 Å². The van der Waals surface area contributed by atoms with Crippen LogP contribution in [0.25, 0.3) is 0 Å². The van der Waals surface area contributed by atoms with Gasteiger partial charge < -0.3 is 15.0 Å². The van der Waals surface area contributed by atoms with E-state index in [1.165, 1.54) is 0 Å². The number of amides is 2. The predicted molar refractivity (Wildman–Crippen MR) is 73.7 cm³/mol. The van der Waals surface area contributed by atoms with Gasteiger partial charge in [-0.2, -0.15) is 0 Å². The summed E-state index contributed by atoms with van der Waals surface area (Å²) in [7, 11) is 0. The summed E-state index contributed by atoms with van der Waals surface area (Å²) in [5, 5.41) is 2.69. The second-order valence-electron chi connectivity index (χ2n) is 5.44. The Labute approximate surface area is 115 Å². The number of rotatable bonds is 7. The first-order chi connectivity index (χ1) is 8.97. The van der Waals surface area contributed by atoms with Crippen LogP contribution in [0.2, 0.25) is 0 Å². The van der Waals surface area contributed by atoms with Gasteiger partial charge in [0.15, 0.2) is 0 Å². The molecule has 1 rings (SSSR count). The number of nitrogens with one attached hydrogen (secondary N) is 1. The summed E-state index contributed by atoms with van der Waals surface area (Å²) in [6.45, 7) is 9.82. The van der Waals surface area contributed by atoms with Crippen molar-refractivity contribution in [2.75, 3.05) is 26.3 Å². The lowest BCUT2D eigenvalue weighted by atomic mass is 9.87. The van der Waals surface area contributed by atoms with Gasteiger partial charge in [0.1, 0.15) is 5.54 Å². The zero-order chi connectivity index (χ0) is 14.5. The molecule has 0 atom stereocenters. The number of nitrogens with zero attached hydrogens (tertiary/aromatic N) is 1. The standard InChI is InChI=1S/C14H26N2O3/c1-5-14(6-2)13(18)15-9-12(17)16(14)7-8-19-10-11(3)4/h11H,5-10H2,1-4H3,(H,15,18). The van der Waals surface area contributed by atoms with Gasteiger partial charge in [0.05, 0.1) is 13.2 Å². The van der Waals surface area contributed by atoms with E-state index in [0.717, 1.165) is 0 Å². The Bertz CT molecular complexity index is 325. The van der Waals surface area contributed by atoms with E-state index in [4.69, 9.17) is 4.74 Å². The van der Waals surface area contributed by atoms with E-state index in [9.17, 15) is 9.59 Å². The summed E-state index contributed by atoms with van der Waals surface area (Å²) in [4.78, 5) is 25.9. The summed E-state index contributed by atoms with van der Waals surface area (Å²) < 4.78 is 5.54. The molecule has 0 aromatic rings. The number of hydrogen-bond donors (Lipinski definition) is 1. The van der Waals surface area contributed by atoms with Gasteiger partial charge in [-0.05, 0) is 18.8 Å². The second kappa shape index (κ2) is 6.89. The molecule has 1 aliphatic heterocycles. The average Bonchev–Trinajstić information content (AvgIpc) is 2.38. The first-order valence-corrected chi connectivity index (χ1v) is 7.14. The van der Waals surface area contributed by atoms with Crippen LogP contribution in [0.3, 0.4) is 0 Å². The molecule has 2 amide bonds. The largest absolute Gasteiger partial charge is 0.379 e. The molecule has 0 bridgehead atoms. The van der Waals surface area contributed by atoms with Crippen molar-refractivity contribution in [3.63, 3.8) is 0 Å². The Morgan fingerprint density at radius 3 is 2.47 bits per heavy atom. The number of carbonyl (C=O) groups is 2. The highest BCUT2D eigenvalue weighted by molar-refractivity contribution is 5.97. The molecule has 1 aliphatic rings. The molecule has 0 aromatic carbocycles. The minimum atomic E-state index is -0.698. The van der Waals surface area contributed by atoms with Crippen molar-refractivity contribution >= 4 is 11.8 Å². The van der Waals surface area contributed by atoms with Crippen LogP contribution in [0.1, 0.15) is 40.5 Å². The molecular weight excluding hydrogens is 244 g/mol. The van der Waals surface area contributed by atoms with E-state index in [0.29, 0.717) is 38.5 Å². The van der Waals surface area contributed by atoms with E-state index < -0.39 is 5.54 Å². The van der Waals surface area contributed by atoms with Gasteiger partial charge in [0.2, 0.25) is 11.8 Å². The van der Waals surface area contributed by atoms with Crippen LogP contribution in [-0.2, 0) is 14.3 Å². The first-order valence-electron chi connectivity index (χ1n) is 7.14. The number of carbonyl (C=O) groups excluding carboxylic acids is 2. The molecule has 19 heavy (non-hydrogen) atoms. The zero-order valence-electron chi connectivity index (χ0n) is 12.5. The highest BCUT2D eigenvalue weighted by atomic mass is 16.5.